The van der Waals surface area contributed by atoms with Crippen LogP contribution in [-0.4, -0.2) is 64.9 Å². The van der Waals surface area contributed by atoms with Crippen LogP contribution in [0.2, 0.25) is 0 Å². The summed E-state index contributed by atoms with van der Waals surface area (Å²) >= 11 is 0. The highest BCUT2D eigenvalue weighted by Gasteiger charge is 2.32. The highest BCUT2D eigenvalue weighted by molar-refractivity contribution is 5.93. The Kier molecular flexibility index (Phi) is 7.45. The molecule has 2 rings (SSSR count). The Bertz CT molecular complexity index is 830. The van der Waals surface area contributed by atoms with E-state index < -0.39 is 23.7 Å². The van der Waals surface area contributed by atoms with Crippen molar-refractivity contribution in [3.8, 4) is 11.9 Å². The van der Waals surface area contributed by atoms with Gasteiger partial charge >= 0.3 is 6.09 Å². The van der Waals surface area contributed by atoms with Gasteiger partial charge in [-0.25, -0.2) is 9.78 Å². The lowest BCUT2D eigenvalue weighted by Gasteiger charge is -2.36. The molecule has 4 N–H and O–H groups in total. The first kappa shape index (κ1) is 23.2. The summed E-state index contributed by atoms with van der Waals surface area (Å²) in [5.41, 5.74) is 5.44. The molecule has 10 nitrogen and oxygen atoms in total. The number of nitrogens with zero attached hydrogens (tertiary/aromatic N) is 3. The first-order chi connectivity index (χ1) is 14.1. The predicted molar refractivity (Wildman–Crippen MR) is 109 cm³/mol. The number of piperidine rings is 1. The first-order valence-corrected chi connectivity index (χ1v) is 9.83. The minimum absolute atomic E-state index is 0.0100. The van der Waals surface area contributed by atoms with Crippen LogP contribution in [0.5, 0.6) is 5.88 Å². The van der Waals surface area contributed by atoms with Gasteiger partial charge in [-0.15, -0.1) is 0 Å². The molecule has 10 heteroatoms. The van der Waals surface area contributed by atoms with Crippen molar-refractivity contribution < 1.29 is 24.2 Å². The van der Waals surface area contributed by atoms with Crippen LogP contribution in [0.4, 0.5) is 10.5 Å². The molecule has 0 saturated carbocycles. The second-order valence-electron chi connectivity index (χ2n) is 8.07. The number of nitrogens with two attached hydrogens (primary N) is 1. The van der Waals surface area contributed by atoms with Crippen molar-refractivity contribution in [2.75, 3.05) is 32.0 Å². The number of amides is 2. The highest BCUT2D eigenvalue weighted by Crippen LogP contribution is 2.23. The van der Waals surface area contributed by atoms with Gasteiger partial charge in [0.1, 0.15) is 22.9 Å². The zero-order valence-electron chi connectivity index (χ0n) is 17.8. The summed E-state index contributed by atoms with van der Waals surface area (Å²) in [6.45, 7) is 8.10. The van der Waals surface area contributed by atoms with Crippen molar-refractivity contribution in [1.29, 1.82) is 5.26 Å². The maximum Gasteiger partial charge on any atom is 0.410 e. The van der Waals surface area contributed by atoms with Crippen molar-refractivity contribution in [3.63, 3.8) is 0 Å². The zero-order valence-corrected chi connectivity index (χ0v) is 17.8. The minimum Gasteiger partial charge on any atom is -0.477 e. The van der Waals surface area contributed by atoms with E-state index in [0.29, 0.717) is 13.0 Å². The van der Waals surface area contributed by atoms with Gasteiger partial charge in [0, 0.05) is 19.0 Å². The Labute approximate surface area is 176 Å². The van der Waals surface area contributed by atoms with E-state index >= 15 is 0 Å². The summed E-state index contributed by atoms with van der Waals surface area (Å²) in [6, 6.07) is 3.23. The average molecular weight is 419 g/mol. The van der Waals surface area contributed by atoms with E-state index in [1.165, 1.54) is 11.0 Å². The quantitative estimate of drug-likeness (QED) is 0.646. The number of pyridine rings is 1. The summed E-state index contributed by atoms with van der Waals surface area (Å²) in [4.78, 5) is 30.2. The number of β-amino-alcohol motifs (C(OH)–C–C–N with tert-alkyl or cyclic N) is 1. The van der Waals surface area contributed by atoms with Gasteiger partial charge < -0.3 is 30.5 Å². The number of aromatic nitrogens is 1. The van der Waals surface area contributed by atoms with Crippen LogP contribution in [0.1, 0.15) is 50.2 Å². The predicted octanol–water partition coefficient (Wildman–Crippen LogP) is 1.28. The van der Waals surface area contributed by atoms with E-state index in [1.54, 1.807) is 27.7 Å². The van der Waals surface area contributed by atoms with Crippen LogP contribution < -0.4 is 15.8 Å². The SMILES string of the molecule is CCOc1nc(C(=O)NC[C@H]2CCN(C(=O)OC(C)(C)C)C[C@@H]2O)cc(N)c1C#N. The molecule has 1 fully saturated rings. The number of carbonyl (C=O) groups excluding carboxylic acids is 2. The fraction of sp³-hybridized carbons (Fsp3) is 0.600. The average Bonchev–Trinajstić information content (AvgIpc) is 2.65. The third-order valence-corrected chi connectivity index (χ3v) is 4.54. The van der Waals surface area contributed by atoms with Gasteiger partial charge in [0.05, 0.1) is 24.9 Å². The minimum atomic E-state index is -0.801. The summed E-state index contributed by atoms with van der Waals surface area (Å²) in [7, 11) is 0. The topological polar surface area (TPSA) is 151 Å². The van der Waals surface area contributed by atoms with E-state index in [4.69, 9.17) is 20.5 Å². The third-order valence-electron chi connectivity index (χ3n) is 4.54. The van der Waals surface area contributed by atoms with Gasteiger partial charge in [-0.2, -0.15) is 5.26 Å². The molecular formula is C20H29N5O5. The Morgan fingerprint density at radius 3 is 2.73 bits per heavy atom. The van der Waals surface area contributed by atoms with Crippen LogP contribution in [0.3, 0.4) is 0 Å². The van der Waals surface area contributed by atoms with Crippen molar-refractivity contribution >= 4 is 17.7 Å². The number of nitrogens with one attached hydrogen (secondary N) is 1. The fourth-order valence-corrected chi connectivity index (χ4v) is 3.04. The number of carbonyl (C=O) groups is 2. The lowest BCUT2D eigenvalue weighted by atomic mass is 9.94. The molecule has 1 saturated heterocycles. The Morgan fingerprint density at radius 2 is 2.17 bits per heavy atom. The molecule has 0 unspecified atom stereocenters. The molecule has 2 amide bonds. The molecule has 2 atom stereocenters. The number of hydrogen-bond acceptors (Lipinski definition) is 8. The third kappa shape index (κ3) is 5.97. The molecule has 1 aromatic heterocycles. The Morgan fingerprint density at radius 1 is 1.47 bits per heavy atom. The Hall–Kier alpha value is -3.06. The molecule has 1 aliphatic heterocycles. The van der Waals surface area contributed by atoms with Gasteiger partial charge in [-0.3, -0.25) is 4.79 Å². The number of likely N-dealkylation sites (tertiary alicyclic amines) is 1. The maximum absolute atomic E-state index is 12.5. The van der Waals surface area contributed by atoms with Crippen LogP contribution in [0, 0.1) is 17.2 Å². The van der Waals surface area contributed by atoms with Gasteiger partial charge in [-0.05, 0) is 40.2 Å². The smallest absolute Gasteiger partial charge is 0.410 e. The molecule has 0 spiro atoms. The van der Waals surface area contributed by atoms with Crippen LogP contribution in [0.25, 0.3) is 0 Å². The van der Waals surface area contributed by atoms with E-state index in [1.807, 2.05) is 6.07 Å². The van der Waals surface area contributed by atoms with Crippen LogP contribution in [-0.2, 0) is 4.74 Å². The number of aliphatic hydroxyl groups excluding tert-OH is 1. The lowest BCUT2D eigenvalue weighted by Crippen LogP contribution is -2.50. The molecule has 0 aromatic carbocycles. The van der Waals surface area contributed by atoms with E-state index in [-0.39, 0.29) is 48.4 Å². The second-order valence-corrected chi connectivity index (χ2v) is 8.07. The van der Waals surface area contributed by atoms with Crippen molar-refractivity contribution in [2.24, 2.45) is 5.92 Å². The van der Waals surface area contributed by atoms with Crippen LogP contribution in [0.15, 0.2) is 6.07 Å². The van der Waals surface area contributed by atoms with Gasteiger partial charge in [0.25, 0.3) is 5.91 Å². The van der Waals surface area contributed by atoms with E-state index in [9.17, 15) is 14.7 Å². The monoisotopic (exact) mass is 419 g/mol. The number of ether oxygens (including phenoxy) is 2. The molecule has 2 heterocycles. The highest BCUT2D eigenvalue weighted by atomic mass is 16.6. The molecule has 0 radical (unpaired) electrons. The molecule has 1 aromatic rings. The van der Waals surface area contributed by atoms with E-state index in [2.05, 4.69) is 10.3 Å². The van der Waals surface area contributed by atoms with Gasteiger partial charge in [-0.1, -0.05) is 0 Å². The first-order valence-electron chi connectivity index (χ1n) is 9.83. The van der Waals surface area contributed by atoms with E-state index in [0.717, 1.165) is 0 Å². The van der Waals surface area contributed by atoms with Crippen molar-refractivity contribution in [1.82, 2.24) is 15.2 Å². The Balaban J connectivity index is 1.96. The molecule has 30 heavy (non-hydrogen) atoms. The maximum atomic E-state index is 12.5. The molecule has 1 aliphatic rings. The number of aliphatic hydroxyl groups is 1. The number of hydrogen-bond donors (Lipinski definition) is 3. The van der Waals surface area contributed by atoms with Crippen molar-refractivity contribution in [3.05, 3.63) is 17.3 Å². The molecule has 0 aliphatic carbocycles. The van der Waals surface area contributed by atoms with Gasteiger partial charge in [0.15, 0.2) is 0 Å². The van der Waals surface area contributed by atoms with Crippen LogP contribution >= 0.6 is 0 Å². The summed E-state index contributed by atoms with van der Waals surface area (Å²) in [5.74, 6) is -0.709. The number of nitriles is 1. The zero-order chi connectivity index (χ0) is 22.5. The number of rotatable bonds is 5. The molecule has 0 bridgehead atoms. The summed E-state index contributed by atoms with van der Waals surface area (Å²) < 4.78 is 10.6. The normalized spacial score (nSPS) is 19.0. The number of anilines is 1. The fourth-order valence-electron chi connectivity index (χ4n) is 3.04. The van der Waals surface area contributed by atoms with Crippen molar-refractivity contribution in [2.45, 2.75) is 45.8 Å². The second kappa shape index (κ2) is 9.63. The summed E-state index contributed by atoms with van der Waals surface area (Å²) in [6.07, 6.45) is -0.761. The molecular weight excluding hydrogens is 390 g/mol. The lowest BCUT2D eigenvalue weighted by molar-refractivity contribution is -0.0122. The summed E-state index contributed by atoms with van der Waals surface area (Å²) in [5, 5.41) is 22.3. The van der Waals surface area contributed by atoms with Gasteiger partial charge in [0.2, 0.25) is 5.88 Å². The molecule has 164 valence electrons. The number of nitrogen functional groups attached to an aromatic ring is 1. The largest absolute Gasteiger partial charge is 0.477 e. The standard InChI is InChI=1S/C20H29N5O5/c1-5-29-18-13(9-21)14(22)8-15(24-18)17(27)23-10-12-6-7-25(11-16(12)26)19(28)30-20(2,3)4/h8,12,16,26H,5-7,10-11H2,1-4H3,(H2,22,24)(H,23,27)/t12-,16+/m1/s1.